The van der Waals surface area contributed by atoms with Gasteiger partial charge >= 0.3 is 0 Å². The zero-order valence-corrected chi connectivity index (χ0v) is 16.3. The van der Waals surface area contributed by atoms with Gasteiger partial charge in [0.15, 0.2) is 15.0 Å². The molecule has 0 radical (unpaired) electrons. The van der Waals surface area contributed by atoms with Gasteiger partial charge in [-0.05, 0) is 30.7 Å². The van der Waals surface area contributed by atoms with Crippen LogP contribution in [0.15, 0.2) is 29.3 Å². The van der Waals surface area contributed by atoms with Crippen LogP contribution in [-0.4, -0.2) is 56.4 Å². The van der Waals surface area contributed by atoms with Crippen molar-refractivity contribution in [3.8, 4) is 0 Å². The minimum Gasteiger partial charge on any atom is -0.378 e. The van der Waals surface area contributed by atoms with Crippen molar-refractivity contribution in [2.45, 2.75) is 31.1 Å². The normalized spacial score (nSPS) is 26.0. The first kappa shape index (κ1) is 18.3. The molecule has 0 bridgehead atoms. The van der Waals surface area contributed by atoms with E-state index in [0.717, 1.165) is 17.8 Å². The predicted molar refractivity (Wildman–Crippen MR) is 104 cm³/mol. The lowest BCUT2D eigenvalue weighted by Gasteiger charge is -2.25. The molecule has 2 fully saturated rings. The van der Waals surface area contributed by atoms with E-state index in [1.165, 1.54) is 11.8 Å². The first-order valence-electron chi connectivity index (χ1n) is 8.36. The van der Waals surface area contributed by atoms with E-state index in [2.05, 4.69) is 4.99 Å². The summed E-state index contributed by atoms with van der Waals surface area (Å²) < 4.78 is 24.1. The predicted octanol–water partition coefficient (Wildman–Crippen LogP) is 2.15. The van der Waals surface area contributed by atoms with Gasteiger partial charge in [-0.25, -0.2) is 8.42 Å². The molecule has 0 aromatic heterocycles. The molecular weight excluding hydrogens is 358 g/mol. The third kappa shape index (κ3) is 3.84. The van der Waals surface area contributed by atoms with Crippen molar-refractivity contribution in [1.29, 1.82) is 0 Å². The lowest BCUT2D eigenvalue weighted by Crippen LogP contribution is -2.37. The molecule has 0 unspecified atom stereocenters. The van der Waals surface area contributed by atoms with Gasteiger partial charge in [0.05, 0.1) is 17.5 Å². The van der Waals surface area contributed by atoms with Gasteiger partial charge < -0.3 is 9.80 Å². The van der Waals surface area contributed by atoms with E-state index in [-0.39, 0.29) is 28.7 Å². The number of amides is 1. The maximum absolute atomic E-state index is 12.0. The van der Waals surface area contributed by atoms with Crippen molar-refractivity contribution in [2.24, 2.45) is 4.99 Å². The molecule has 8 heteroatoms. The molecule has 2 aliphatic rings. The molecule has 2 atom stereocenters. The Labute approximate surface area is 153 Å². The van der Waals surface area contributed by atoms with Gasteiger partial charge in [0, 0.05) is 37.1 Å². The number of sulfone groups is 1. The zero-order chi connectivity index (χ0) is 18.2. The number of hydrogen-bond acceptors (Lipinski definition) is 5. The second-order valence-electron chi connectivity index (χ2n) is 6.62. The smallest absolute Gasteiger partial charge is 0.248 e. The average Bonchev–Trinajstić information content (AvgIpc) is 2.98. The van der Waals surface area contributed by atoms with Crippen LogP contribution in [0.1, 0.15) is 19.8 Å². The van der Waals surface area contributed by atoms with Crippen molar-refractivity contribution < 1.29 is 13.2 Å². The molecule has 6 nitrogen and oxygen atoms in total. The third-order valence-electron chi connectivity index (χ3n) is 4.40. The standard InChI is InChI=1S/C17H23N3O3S2/c1-4-5-16(21)18-17-20(13-8-6-12(7-9-13)19(2)3)14-10-25(22,23)11-15(14)24-17/h6-9,14-15H,4-5,10-11H2,1-3H3/t14-,15+/m1/s1. The summed E-state index contributed by atoms with van der Waals surface area (Å²) >= 11 is 1.42. The summed E-state index contributed by atoms with van der Waals surface area (Å²) in [7, 11) is 0.897. The Morgan fingerprint density at radius 1 is 1.28 bits per heavy atom. The maximum Gasteiger partial charge on any atom is 0.248 e. The number of thioether (sulfide) groups is 1. The monoisotopic (exact) mass is 381 g/mol. The summed E-state index contributed by atoms with van der Waals surface area (Å²) in [5.41, 5.74) is 1.94. The summed E-state index contributed by atoms with van der Waals surface area (Å²) in [5, 5.41) is 0.563. The Bertz CT molecular complexity index is 788. The van der Waals surface area contributed by atoms with Gasteiger partial charge in [-0.15, -0.1) is 0 Å². The molecule has 2 saturated heterocycles. The molecule has 1 aromatic carbocycles. The highest BCUT2D eigenvalue weighted by molar-refractivity contribution is 8.16. The van der Waals surface area contributed by atoms with Crippen molar-refractivity contribution in [1.82, 2.24) is 0 Å². The fourth-order valence-electron chi connectivity index (χ4n) is 3.15. The molecule has 0 aliphatic carbocycles. The molecule has 0 spiro atoms. The summed E-state index contributed by atoms with van der Waals surface area (Å²) in [6, 6.07) is 7.74. The van der Waals surface area contributed by atoms with Crippen molar-refractivity contribution in [2.75, 3.05) is 35.4 Å². The highest BCUT2D eigenvalue weighted by Gasteiger charge is 2.49. The number of hydrogen-bond donors (Lipinski definition) is 0. The first-order valence-corrected chi connectivity index (χ1v) is 11.1. The van der Waals surface area contributed by atoms with Gasteiger partial charge in [-0.1, -0.05) is 18.7 Å². The second kappa shape index (κ2) is 6.99. The zero-order valence-electron chi connectivity index (χ0n) is 14.7. The van der Waals surface area contributed by atoms with Crippen LogP contribution in [0.3, 0.4) is 0 Å². The summed E-state index contributed by atoms with van der Waals surface area (Å²) in [5.74, 6) is 0.110. The molecule has 3 rings (SSSR count). The number of anilines is 2. The fraction of sp³-hybridized carbons (Fsp3) is 0.529. The second-order valence-corrected chi connectivity index (χ2v) is 9.98. The van der Waals surface area contributed by atoms with Crippen LogP contribution in [0, 0.1) is 0 Å². The molecule has 1 aromatic rings. The minimum atomic E-state index is -3.04. The molecule has 0 N–H and O–H groups in total. The van der Waals surface area contributed by atoms with E-state index in [9.17, 15) is 13.2 Å². The van der Waals surface area contributed by atoms with Crippen LogP contribution < -0.4 is 9.80 Å². The Kier molecular flexibility index (Phi) is 5.11. The van der Waals surface area contributed by atoms with Gasteiger partial charge in [0.25, 0.3) is 0 Å². The molecular formula is C17H23N3O3S2. The lowest BCUT2D eigenvalue weighted by molar-refractivity contribution is -0.117. The number of benzene rings is 1. The van der Waals surface area contributed by atoms with Crippen LogP contribution in [0.5, 0.6) is 0 Å². The number of aliphatic imine (C=N–C) groups is 1. The molecule has 136 valence electrons. The number of amidine groups is 1. The third-order valence-corrected chi connectivity index (χ3v) is 7.60. The van der Waals surface area contributed by atoms with Crippen LogP contribution >= 0.6 is 11.8 Å². The number of carbonyl (C=O) groups is 1. The minimum absolute atomic E-state index is 0.0632. The van der Waals surface area contributed by atoms with Crippen LogP contribution in [0.4, 0.5) is 11.4 Å². The molecule has 2 aliphatic heterocycles. The Morgan fingerprint density at radius 3 is 2.56 bits per heavy atom. The number of rotatable bonds is 4. The van der Waals surface area contributed by atoms with E-state index in [1.54, 1.807) is 0 Å². The van der Waals surface area contributed by atoms with E-state index >= 15 is 0 Å². The molecule has 1 amide bonds. The highest BCUT2D eigenvalue weighted by atomic mass is 32.2. The number of carbonyl (C=O) groups excluding carboxylic acids is 1. The van der Waals surface area contributed by atoms with Gasteiger partial charge in [0.1, 0.15) is 0 Å². The Balaban J connectivity index is 1.96. The van der Waals surface area contributed by atoms with Crippen LogP contribution in [-0.2, 0) is 14.6 Å². The fourth-order valence-corrected chi connectivity index (χ4v) is 7.09. The SMILES string of the molecule is CCCC(=O)N=C1S[C@H]2CS(=O)(=O)C[C@H]2N1c1ccc(N(C)C)cc1. The summed E-state index contributed by atoms with van der Waals surface area (Å²) in [6.45, 7) is 1.94. The largest absolute Gasteiger partial charge is 0.378 e. The molecule has 2 heterocycles. The highest BCUT2D eigenvalue weighted by Crippen LogP contribution is 2.41. The Hall–Kier alpha value is -1.54. The number of fused-ring (bicyclic) bond motifs is 1. The van der Waals surface area contributed by atoms with Crippen LogP contribution in [0.2, 0.25) is 0 Å². The van der Waals surface area contributed by atoms with E-state index in [0.29, 0.717) is 11.6 Å². The first-order chi connectivity index (χ1) is 11.8. The van der Waals surface area contributed by atoms with E-state index in [4.69, 9.17) is 0 Å². The van der Waals surface area contributed by atoms with E-state index < -0.39 is 9.84 Å². The maximum atomic E-state index is 12.0. The quantitative estimate of drug-likeness (QED) is 0.796. The summed E-state index contributed by atoms with van der Waals surface area (Å²) in [6.07, 6.45) is 1.16. The van der Waals surface area contributed by atoms with Crippen molar-refractivity contribution in [3.63, 3.8) is 0 Å². The van der Waals surface area contributed by atoms with Crippen LogP contribution in [0.25, 0.3) is 0 Å². The Morgan fingerprint density at radius 2 is 1.96 bits per heavy atom. The lowest BCUT2D eigenvalue weighted by atomic mass is 10.2. The van der Waals surface area contributed by atoms with Crippen molar-refractivity contribution in [3.05, 3.63) is 24.3 Å². The molecule has 0 saturated carbocycles. The van der Waals surface area contributed by atoms with E-state index in [1.807, 2.05) is 55.1 Å². The average molecular weight is 382 g/mol. The van der Waals surface area contributed by atoms with Gasteiger partial charge in [0.2, 0.25) is 5.91 Å². The molecule has 25 heavy (non-hydrogen) atoms. The topological polar surface area (TPSA) is 70.0 Å². The summed E-state index contributed by atoms with van der Waals surface area (Å²) in [4.78, 5) is 20.2. The van der Waals surface area contributed by atoms with Crippen molar-refractivity contribution >= 4 is 44.0 Å². The van der Waals surface area contributed by atoms with Gasteiger partial charge in [-0.2, -0.15) is 4.99 Å². The number of nitrogens with zero attached hydrogens (tertiary/aromatic N) is 3. The van der Waals surface area contributed by atoms with Gasteiger partial charge in [-0.3, -0.25) is 4.79 Å².